The Morgan fingerprint density at radius 3 is 2.12 bits per heavy atom. The number of hydrogen-bond acceptors (Lipinski definition) is 6. The molecule has 42 heavy (non-hydrogen) atoms. The normalized spacial score (nSPS) is 12.3. The van der Waals surface area contributed by atoms with E-state index >= 15 is 0 Å². The van der Waals surface area contributed by atoms with Crippen molar-refractivity contribution < 1.29 is 22.7 Å². The van der Waals surface area contributed by atoms with Crippen LogP contribution in [-0.2, 0) is 26.2 Å². The van der Waals surface area contributed by atoms with E-state index in [0.717, 1.165) is 14.8 Å². The van der Waals surface area contributed by atoms with Crippen LogP contribution >= 0.6 is 11.8 Å². The van der Waals surface area contributed by atoms with Gasteiger partial charge < -0.3 is 15.0 Å². The zero-order chi connectivity index (χ0) is 30.9. The molecule has 0 heterocycles. The summed E-state index contributed by atoms with van der Waals surface area (Å²) in [5, 5.41) is 2.98. The number of para-hydroxylation sites is 2. The van der Waals surface area contributed by atoms with Gasteiger partial charge in [-0.05, 0) is 82.3 Å². The number of hydrogen-bond donors (Lipinski definition) is 1. The summed E-state index contributed by atoms with van der Waals surface area (Å²) in [5.41, 5.74) is 0.555. The molecule has 3 aromatic carbocycles. The lowest BCUT2D eigenvalue weighted by molar-refractivity contribution is -0.141. The molecule has 0 aliphatic heterocycles. The van der Waals surface area contributed by atoms with Crippen molar-refractivity contribution in [3.8, 4) is 5.75 Å². The third-order valence-corrected chi connectivity index (χ3v) is 8.96. The minimum absolute atomic E-state index is 0.0477. The molecule has 0 bridgehead atoms. The highest BCUT2D eigenvalue weighted by molar-refractivity contribution is 7.98. The Morgan fingerprint density at radius 2 is 1.55 bits per heavy atom. The van der Waals surface area contributed by atoms with Crippen LogP contribution in [0.3, 0.4) is 0 Å². The summed E-state index contributed by atoms with van der Waals surface area (Å²) in [6.45, 7) is 9.20. The highest BCUT2D eigenvalue weighted by atomic mass is 32.2. The van der Waals surface area contributed by atoms with E-state index in [-0.39, 0.29) is 23.0 Å². The SMILES string of the molecule is CCOc1ccccc1N(CC(=O)N(Cc1ccccc1)[C@H](CC)C(=O)NC(C)(C)C)S(=O)(=O)c1ccc(SC)cc1. The summed E-state index contributed by atoms with van der Waals surface area (Å²) in [5.74, 6) is -0.472. The smallest absolute Gasteiger partial charge is 0.264 e. The highest BCUT2D eigenvalue weighted by Crippen LogP contribution is 2.33. The number of sulfonamides is 1. The largest absolute Gasteiger partial charge is 0.492 e. The first-order valence-electron chi connectivity index (χ1n) is 13.9. The minimum atomic E-state index is -4.21. The van der Waals surface area contributed by atoms with Crippen LogP contribution in [0.2, 0.25) is 0 Å². The summed E-state index contributed by atoms with van der Waals surface area (Å²) in [6, 6.07) is 21.8. The average Bonchev–Trinajstić information content (AvgIpc) is 2.96. The molecule has 226 valence electrons. The fraction of sp³-hybridized carbons (Fsp3) is 0.375. The third kappa shape index (κ3) is 8.51. The lowest BCUT2D eigenvalue weighted by atomic mass is 10.1. The molecular weight excluding hydrogens is 571 g/mol. The minimum Gasteiger partial charge on any atom is -0.492 e. The standard InChI is InChI=1S/C32H41N3O5S2/c1-7-27(31(37)33-32(3,4)5)34(22-24-14-10-9-11-15-24)30(36)23-35(28-16-12-13-17-29(28)40-8-2)42(38,39)26-20-18-25(41-6)19-21-26/h9-21,27H,7-8,22-23H2,1-6H3,(H,33,37)/t27-/m1/s1. The molecule has 0 saturated heterocycles. The molecule has 0 aromatic heterocycles. The second-order valence-electron chi connectivity index (χ2n) is 10.8. The van der Waals surface area contributed by atoms with E-state index in [4.69, 9.17) is 4.74 Å². The number of benzene rings is 3. The first kappa shape index (κ1) is 33.0. The van der Waals surface area contributed by atoms with Crippen LogP contribution in [0.5, 0.6) is 5.75 Å². The Hall–Kier alpha value is -3.50. The van der Waals surface area contributed by atoms with Gasteiger partial charge in [-0.1, -0.05) is 49.4 Å². The van der Waals surface area contributed by atoms with E-state index < -0.39 is 34.1 Å². The zero-order valence-corrected chi connectivity index (χ0v) is 26.8. The van der Waals surface area contributed by atoms with Gasteiger partial charge in [0.1, 0.15) is 18.3 Å². The van der Waals surface area contributed by atoms with Gasteiger partial charge in [0, 0.05) is 17.0 Å². The molecule has 1 N–H and O–H groups in total. The van der Waals surface area contributed by atoms with Gasteiger partial charge in [0.05, 0.1) is 17.2 Å². The van der Waals surface area contributed by atoms with Crippen molar-refractivity contribution in [2.24, 2.45) is 0 Å². The van der Waals surface area contributed by atoms with Crippen LogP contribution in [-0.4, -0.2) is 56.1 Å². The molecule has 0 fully saturated rings. The molecule has 0 spiro atoms. The maximum atomic E-state index is 14.2. The van der Waals surface area contributed by atoms with Gasteiger partial charge in [-0.15, -0.1) is 11.8 Å². The summed E-state index contributed by atoms with van der Waals surface area (Å²) in [6.07, 6.45) is 2.26. The van der Waals surface area contributed by atoms with Gasteiger partial charge in [0.15, 0.2) is 0 Å². The van der Waals surface area contributed by atoms with Crippen molar-refractivity contribution in [3.05, 3.63) is 84.4 Å². The Labute approximate surface area is 254 Å². The third-order valence-electron chi connectivity index (χ3n) is 6.44. The van der Waals surface area contributed by atoms with E-state index in [0.29, 0.717) is 18.8 Å². The summed E-state index contributed by atoms with van der Waals surface area (Å²) < 4.78 is 35.2. The quantitative estimate of drug-likeness (QED) is 0.248. The molecule has 0 aliphatic rings. The molecule has 2 amide bonds. The number of amides is 2. The summed E-state index contributed by atoms with van der Waals surface area (Å²) >= 11 is 1.50. The fourth-order valence-corrected chi connectivity index (χ4v) is 6.31. The monoisotopic (exact) mass is 611 g/mol. The number of anilines is 1. The number of nitrogens with zero attached hydrogens (tertiary/aromatic N) is 2. The summed E-state index contributed by atoms with van der Waals surface area (Å²) in [4.78, 5) is 30.1. The maximum absolute atomic E-state index is 14.2. The van der Waals surface area contributed by atoms with Crippen molar-refractivity contribution in [1.82, 2.24) is 10.2 Å². The fourth-order valence-electron chi connectivity index (χ4n) is 4.48. The van der Waals surface area contributed by atoms with Crippen LogP contribution in [0.15, 0.2) is 88.7 Å². The molecular formula is C32H41N3O5S2. The highest BCUT2D eigenvalue weighted by Gasteiger charge is 2.35. The molecule has 0 unspecified atom stereocenters. The van der Waals surface area contributed by atoms with E-state index in [2.05, 4.69) is 5.32 Å². The van der Waals surface area contributed by atoms with Crippen LogP contribution < -0.4 is 14.4 Å². The van der Waals surface area contributed by atoms with Gasteiger partial charge in [-0.2, -0.15) is 0 Å². The van der Waals surface area contributed by atoms with Gasteiger partial charge in [-0.3, -0.25) is 13.9 Å². The van der Waals surface area contributed by atoms with E-state index in [1.54, 1.807) is 36.4 Å². The molecule has 3 rings (SSSR count). The maximum Gasteiger partial charge on any atom is 0.264 e. The number of ether oxygens (including phenoxy) is 1. The molecule has 10 heteroatoms. The van der Waals surface area contributed by atoms with Crippen LogP contribution in [0.4, 0.5) is 5.69 Å². The topological polar surface area (TPSA) is 96.0 Å². The van der Waals surface area contributed by atoms with Gasteiger partial charge in [-0.25, -0.2) is 8.42 Å². The van der Waals surface area contributed by atoms with E-state index in [1.165, 1.54) is 28.8 Å². The number of carbonyl (C=O) groups excluding carboxylic acids is 2. The number of rotatable bonds is 13. The van der Waals surface area contributed by atoms with Crippen molar-refractivity contribution in [2.75, 3.05) is 23.7 Å². The number of nitrogens with one attached hydrogen (secondary N) is 1. The molecule has 0 aliphatic carbocycles. The molecule has 8 nitrogen and oxygen atoms in total. The van der Waals surface area contributed by atoms with Crippen molar-refractivity contribution >= 4 is 39.3 Å². The van der Waals surface area contributed by atoms with Crippen molar-refractivity contribution in [2.45, 2.75) is 69.0 Å². The molecule has 0 saturated carbocycles. The van der Waals surface area contributed by atoms with E-state index in [1.807, 2.05) is 71.2 Å². The van der Waals surface area contributed by atoms with Crippen LogP contribution in [0.25, 0.3) is 0 Å². The lowest BCUT2D eigenvalue weighted by Crippen LogP contribution is -2.55. The Balaban J connectivity index is 2.11. The van der Waals surface area contributed by atoms with Crippen LogP contribution in [0, 0.1) is 0 Å². The Kier molecular flexibility index (Phi) is 11.5. The molecule has 0 radical (unpaired) electrons. The average molecular weight is 612 g/mol. The second kappa shape index (κ2) is 14.6. The first-order chi connectivity index (χ1) is 19.9. The predicted molar refractivity (Wildman–Crippen MR) is 169 cm³/mol. The lowest BCUT2D eigenvalue weighted by Gasteiger charge is -2.35. The van der Waals surface area contributed by atoms with Gasteiger partial charge in [0.2, 0.25) is 11.8 Å². The zero-order valence-electron chi connectivity index (χ0n) is 25.2. The van der Waals surface area contributed by atoms with Crippen LogP contribution in [0.1, 0.15) is 46.6 Å². The van der Waals surface area contributed by atoms with E-state index in [9.17, 15) is 18.0 Å². The number of thioether (sulfide) groups is 1. The first-order valence-corrected chi connectivity index (χ1v) is 16.6. The Bertz CT molecular complexity index is 1440. The predicted octanol–water partition coefficient (Wildman–Crippen LogP) is 5.72. The number of carbonyl (C=O) groups is 2. The molecule has 3 aromatic rings. The van der Waals surface area contributed by atoms with Crippen molar-refractivity contribution in [3.63, 3.8) is 0 Å². The second-order valence-corrected chi connectivity index (χ2v) is 13.5. The van der Waals surface area contributed by atoms with Crippen molar-refractivity contribution in [1.29, 1.82) is 0 Å². The molecule has 1 atom stereocenters. The van der Waals surface area contributed by atoms with Gasteiger partial charge >= 0.3 is 0 Å². The van der Waals surface area contributed by atoms with Gasteiger partial charge in [0.25, 0.3) is 10.0 Å². The Morgan fingerprint density at radius 1 is 0.929 bits per heavy atom. The summed E-state index contributed by atoms with van der Waals surface area (Å²) in [7, 11) is -4.21.